The predicted octanol–water partition coefficient (Wildman–Crippen LogP) is 11.0. The number of halogens is 1. The van der Waals surface area contributed by atoms with Gasteiger partial charge < -0.3 is 4.90 Å². The molecule has 0 aromatic rings. The number of hydrogen-bond acceptors (Lipinski definition) is 2. The summed E-state index contributed by atoms with van der Waals surface area (Å²) in [6.45, 7) is 3.49. The zero-order valence-electron chi connectivity index (χ0n) is 24.6. The van der Waals surface area contributed by atoms with Gasteiger partial charge in [-0.2, -0.15) is 0 Å². The summed E-state index contributed by atoms with van der Waals surface area (Å²) in [4.78, 5) is 13.1. The Balaban J connectivity index is 3.65. The van der Waals surface area contributed by atoms with Gasteiger partial charge in [-0.3, -0.25) is 4.79 Å². The Bertz CT molecular complexity index is 514. The maximum Gasteiger partial charge on any atom is 0.221 e. The first kappa shape index (κ1) is 35.4. The van der Waals surface area contributed by atoms with Gasteiger partial charge >= 0.3 is 0 Å². The highest BCUT2D eigenvalue weighted by atomic mass is 35.5. The third kappa shape index (κ3) is 29.6. The van der Waals surface area contributed by atoms with Crippen molar-refractivity contribution in [3.8, 4) is 0 Å². The highest BCUT2D eigenvalue weighted by Crippen LogP contribution is 2.22. The second-order valence-corrected chi connectivity index (χ2v) is 11.6. The summed E-state index contributed by atoms with van der Waals surface area (Å²) in [6.07, 6.45) is 39.0. The molecule has 0 fully saturated rings. The van der Waals surface area contributed by atoms with Crippen LogP contribution in [-0.4, -0.2) is 30.8 Å². The highest BCUT2D eigenvalue weighted by Gasteiger charge is 2.09. The maximum atomic E-state index is 10.8. The van der Waals surface area contributed by atoms with Crippen LogP contribution < -0.4 is 0 Å². The Morgan fingerprint density at radius 1 is 0.639 bits per heavy atom. The zero-order chi connectivity index (χ0) is 26.5. The molecule has 0 aromatic carbocycles. The molecule has 1 atom stereocenters. The lowest BCUT2D eigenvalue weighted by molar-refractivity contribution is -0.111. The number of allylic oxidation sites excluding steroid dienone is 4. The number of carbonyl (C=O) groups is 1. The van der Waals surface area contributed by atoms with Gasteiger partial charge in [0.05, 0.1) is 0 Å². The summed E-state index contributed by atoms with van der Waals surface area (Å²) >= 11 is 5.41. The maximum absolute atomic E-state index is 10.8. The predicted molar refractivity (Wildman–Crippen MR) is 163 cm³/mol. The van der Waals surface area contributed by atoms with E-state index in [0.29, 0.717) is 6.42 Å². The van der Waals surface area contributed by atoms with Crippen LogP contribution >= 0.6 is 11.6 Å². The number of hydrogen-bond donors (Lipinski definition) is 0. The van der Waals surface area contributed by atoms with E-state index >= 15 is 0 Å². The van der Waals surface area contributed by atoms with Crippen molar-refractivity contribution < 1.29 is 4.79 Å². The molecule has 0 amide bonds. The van der Waals surface area contributed by atoms with E-state index in [1.807, 2.05) is 0 Å². The van der Waals surface area contributed by atoms with E-state index in [0.717, 1.165) is 25.2 Å². The molecule has 0 aromatic heterocycles. The molecule has 2 nitrogen and oxygen atoms in total. The van der Waals surface area contributed by atoms with Crippen molar-refractivity contribution in [1.29, 1.82) is 0 Å². The van der Waals surface area contributed by atoms with Gasteiger partial charge in [-0.15, -0.1) is 0 Å². The molecule has 36 heavy (non-hydrogen) atoms. The fraction of sp³-hybridized carbons (Fsp3) is 0.848. The summed E-state index contributed by atoms with van der Waals surface area (Å²) in [5.41, 5.74) is 0. The molecule has 0 aliphatic rings. The quantitative estimate of drug-likeness (QED) is 0.0577. The fourth-order valence-electron chi connectivity index (χ4n) is 4.88. The van der Waals surface area contributed by atoms with Crippen molar-refractivity contribution in [2.45, 2.75) is 155 Å². The minimum absolute atomic E-state index is 0.182. The largest absolute Gasteiger partial charge is 0.309 e. The smallest absolute Gasteiger partial charge is 0.221 e. The van der Waals surface area contributed by atoms with E-state index in [9.17, 15) is 4.79 Å². The van der Waals surface area contributed by atoms with Crippen LogP contribution in [0.25, 0.3) is 0 Å². The fourth-order valence-corrected chi connectivity index (χ4v) is 5.01. The average Bonchev–Trinajstić information content (AvgIpc) is 2.85. The van der Waals surface area contributed by atoms with Gasteiger partial charge in [0.1, 0.15) is 0 Å². The van der Waals surface area contributed by atoms with Crippen molar-refractivity contribution in [3.63, 3.8) is 0 Å². The van der Waals surface area contributed by atoms with Crippen molar-refractivity contribution in [2.75, 3.05) is 20.6 Å². The van der Waals surface area contributed by atoms with Crippen LogP contribution in [0.2, 0.25) is 0 Å². The summed E-state index contributed by atoms with van der Waals surface area (Å²) < 4.78 is 0. The van der Waals surface area contributed by atoms with Crippen LogP contribution in [0.4, 0.5) is 0 Å². The normalized spacial score (nSPS) is 12.9. The standard InChI is InChI=1S/C33H62ClNO/c1-4-5-6-7-8-9-10-11-12-13-14-15-16-17-18-21-24-27-32(30-31-35(2)3)28-25-22-19-20-23-26-29-33(34)36/h8-9,11-12,32H,4-7,10,13-31H2,1-3H3/b9-8-,12-11-. The molecule has 0 spiro atoms. The van der Waals surface area contributed by atoms with E-state index in [1.54, 1.807) is 0 Å². The van der Waals surface area contributed by atoms with E-state index in [-0.39, 0.29) is 5.24 Å². The Kier molecular flexibility index (Phi) is 28.5. The number of rotatable bonds is 28. The first-order valence-electron chi connectivity index (χ1n) is 15.7. The van der Waals surface area contributed by atoms with Crippen molar-refractivity contribution in [1.82, 2.24) is 4.90 Å². The molecule has 0 N–H and O–H groups in total. The first-order chi connectivity index (χ1) is 17.6. The van der Waals surface area contributed by atoms with Crippen LogP contribution in [-0.2, 0) is 4.79 Å². The topological polar surface area (TPSA) is 20.3 Å². The molecular formula is C33H62ClNO. The SMILES string of the molecule is CCCCC/C=C\C/C=C\CCCCCCCCCC(CCCCCCCCC(=O)Cl)CCN(C)C. The van der Waals surface area contributed by atoms with Gasteiger partial charge in [-0.05, 0) is 83.1 Å². The zero-order valence-corrected chi connectivity index (χ0v) is 25.3. The van der Waals surface area contributed by atoms with Gasteiger partial charge in [0, 0.05) is 6.42 Å². The molecule has 0 saturated heterocycles. The average molecular weight is 524 g/mol. The molecule has 212 valence electrons. The molecule has 1 unspecified atom stereocenters. The van der Waals surface area contributed by atoms with Crippen molar-refractivity contribution in [3.05, 3.63) is 24.3 Å². The number of carbonyl (C=O) groups excluding carboxylic acids is 1. The first-order valence-corrected chi connectivity index (χ1v) is 16.1. The minimum atomic E-state index is -0.182. The molecular weight excluding hydrogens is 462 g/mol. The van der Waals surface area contributed by atoms with Gasteiger partial charge in [0.2, 0.25) is 5.24 Å². The van der Waals surface area contributed by atoms with E-state index in [1.165, 1.54) is 129 Å². The second kappa shape index (κ2) is 29.0. The molecule has 0 aliphatic carbocycles. The Morgan fingerprint density at radius 2 is 1.11 bits per heavy atom. The van der Waals surface area contributed by atoms with Crippen LogP contribution in [0, 0.1) is 5.92 Å². The molecule has 0 heterocycles. The molecule has 0 radical (unpaired) electrons. The molecule has 0 aliphatic heterocycles. The highest BCUT2D eigenvalue weighted by molar-refractivity contribution is 6.63. The lowest BCUT2D eigenvalue weighted by Gasteiger charge is -2.19. The summed E-state index contributed by atoms with van der Waals surface area (Å²) in [5, 5.41) is -0.182. The third-order valence-electron chi connectivity index (χ3n) is 7.28. The summed E-state index contributed by atoms with van der Waals surface area (Å²) in [6, 6.07) is 0. The van der Waals surface area contributed by atoms with E-state index in [4.69, 9.17) is 11.6 Å². The van der Waals surface area contributed by atoms with Crippen LogP contribution in [0.3, 0.4) is 0 Å². The van der Waals surface area contributed by atoms with Crippen LogP contribution in [0.1, 0.15) is 155 Å². The van der Waals surface area contributed by atoms with Crippen molar-refractivity contribution >= 4 is 16.8 Å². The Hall–Kier alpha value is -0.600. The van der Waals surface area contributed by atoms with Crippen LogP contribution in [0.5, 0.6) is 0 Å². The summed E-state index contributed by atoms with van der Waals surface area (Å²) in [7, 11) is 4.40. The summed E-state index contributed by atoms with van der Waals surface area (Å²) in [5.74, 6) is 0.902. The second-order valence-electron chi connectivity index (χ2n) is 11.2. The van der Waals surface area contributed by atoms with Gasteiger partial charge in [0.15, 0.2) is 0 Å². The molecule has 0 bridgehead atoms. The lowest BCUT2D eigenvalue weighted by Crippen LogP contribution is -2.17. The van der Waals surface area contributed by atoms with E-state index in [2.05, 4.69) is 50.2 Å². The monoisotopic (exact) mass is 523 g/mol. The lowest BCUT2D eigenvalue weighted by atomic mass is 9.91. The molecule has 3 heteroatoms. The minimum Gasteiger partial charge on any atom is -0.309 e. The van der Waals surface area contributed by atoms with Gasteiger partial charge in [0.25, 0.3) is 0 Å². The molecule has 0 rings (SSSR count). The van der Waals surface area contributed by atoms with Gasteiger partial charge in [-0.25, -0.2) is 0 Å². The molecule has 0 saturated carbocycles. The third-order valence-corrected chi connectivity index (χ3v) is 7.47. The Labute approximate surface area is 231 Å². The number of unbranched alkanes of at least 4 members (excludes halogenated alkanes) is 15. The van der Waals surface area contributed by atoms with Crippen molar-refractivity contribution in [2.24, 2.45) is 5.92 Å². The Morgan fingerprint density at radius 3 is 1.61 bits per heavy atom. The number of nitrogens with zero attached hydrogens (tertiary/aromatic N) is 1. The van der Waals surface area contributed by atoms with E-state index < -0.39 is 0 Å². The van der Waals surface area contributed by atoms with Gasteiger partial charge in [-0.1, -0.05) is 128 Å². The van der Waals surface area contributed by atoms with Crippen LogP contribution in [0.15, 0.2) is 24.3 Å².